The van der Waals surface area contributed by atoms with Gasteiger partial charge in [-0.2, -0.15) is 0 Å². The third kappa shape index (κ3) is 1.39. The minimum absolute atomic E-state index is 0.0648. The predicted octanol–water partition coefficient (Wildman–Crippen LogP) is 0.451. The molecule has 4 heteroatoms. The van der Waals surface area contributed by atoms with Gasteiger partial charge in [0.15, 0.2) is 10.7 Å². The predicted molar refractivity (Wildman–Crippen MR) is 35.8 cm³/mol. The van der Waals surface area contributed by atoms with Gasteiger partial charge in [-0.15, -0.1) is 11.8 Å². The molecule has 0 spiro atoms. The molecule has 1 rings (SSSR count). The van der Waals surface area contributed by atoms with Crippen molar-refractivity contribution in [3.05, 3.63) is 0 Å². The molecule has 0 aliphatic carbocycles. The van der Waals surface area contributed by atoms with Gasteiger partial charge in [0.25, 0.3) is 0 Å². The molecule has 1 aliphatic heterocycles. The molecule has 0 N–H and O–H groups in total. The van der Waals surface area contributed by atoms with Gasteiger partial charge >= 0.3 is 0 Å². The Balaban J connectivity index is 2.47. The first kappa shape index (κ1) is 6.42. The van der Waals surface area contributed by atoms with E-state index in [0.717, 1.165) is 18.6 Å². The van der Waals surface area contributed by atoms with E-state index in [0.29, 0.717) is 0 Å². The maximum absolute atomic E-state index is 10.2. The van der Waals surface area contributed by atoms with Crippen LogP contribution in [-0.4, -0.2) is 18.8 Å². The number of rotatable bonds is 1. The maximum atomic E-state index is 10.2. The van der Waals surface area contributed by atoms with Gasteiger partial charge < -0.3 is 0 Å². The second-order valence-corrected chi connectivity index (χ2v) is 4.61. The van der Waals surface area contributed by atoms with Gasteiger partial charge in [0.05, 0.1) is 0 Å². The first-order chi connectivity index (χ1) is 3.80. The Kier molecular flexibility index (Phi) is 2.19. The normalized spacial score (nSPS) is 29.4. The van der Waals surface area contributed by atoms with Crippen LogP contribution in [0.4, 0.5) is 0 Å². The van der Waals surface area contributed by atoms with Gasteiger partial charge in [0.1, 0.15) is 4.58 Å². The molecule has 2 nitrogen and oxygen atoms in total. The maximum Gasteiger partial charge on any atom is 0.152 e. The highest BCUT2D eigenvalue weighted by Gasteiger charge is 2.16. The van der Waals surface area contributed by atoms with Crippen molar-refractivity contribution in [1.82, 2.24) is 0 Å². The molecule has 1 unspecified atom stereocenters. The minimum atomic E-state index is -2.14. The van der Waals surface area contributed by atoms with E-state index < -0.39 is 10.7 Å². The molecule has 0 radical (unpaired) electrons. The summed E-state index contributed by atoms with van der Waals surface area (Å²) in [7, 11) is -2.14. The van der Waals surface area contributed by atoms with Crippen LogP contribution in [0.15, 0.2) is 0 Å². The van der Waals surface area contributed by atoms with Crippen LogP contribution >= 0.6 is 11.8 Å². The summed E-state index contributed by atoms with van der Waals surface area (Å²) < 4.78 is 20.4. The summed E-state index contributed by atoms with van der Waals surface area (Å²) >= 11 is 1.55. The summed E-state index contributed by atoms with van der Waals surface area (Å²) in [5.41, 5.74) is 0. The summed E-state index contributed by atoms with van der Waals surface area (Å²) in [5.74, 6) is 1.02. The molecule has 0 aromatic carbocycles. The zero-order valence-corrected chi connectivity index (χ0v) is 6.08. The molecule has 0 bridgehead atoms. The Bertz CT molecular complexity index is 127. The van der Waals surface area contributed by atoms with E-state index in [-0.39, 0.29) is 4.58 Å². The average molecular weight is 152 g/mol. The van der Waals surface area contributed by atoms with Crippen molar-refractivity contribution in [1.29, 1.82) is 0 Å². The summed E-state index contributed by atoms with van der Waals surface area (Å²) in [6, 6.07) is 0. The average Bonchev–Trinajstić information content (AvgIpc) is 2.12. The molecule has 1 aliphatic rings. The fourth-order valence-corrected chi connectivity index (χ4v) is 2.86. The fourth-order valence-electron chi connectivity index (χ4n) is 0.727. The van der Waals surface area contributed by atoms with Crippen LogP contribution in [0.2, 0.25) is 0 Å². The summed E-state index contributed by atoms with van der Waals surface area (Å²) in [6.07, 6.45) is 1.93. The second-order valence-electron chi connectivity index (χ2n) is 1.75. The van der Waals surface area contributed by atoms with E-state index in [4.69, 9.17) is 0 Å². The zero-order chi connectivity index (χ0) is 5.98. The largest absolute Gasteiger partial charge is 0.231 e. The molecule has 0 amide bonds. The number of hydrogen-bond donors (Lipinski definition) is 1. The zero-order valence-electron chi connectivity index (χ0n) is 4.37. The Morgan fingerprint density at radius 1 is 1.50 bits per heavy atom. The first-order valence-corrected chi connectivity index (χ1v) is 4.85. The minimum Gasteiger partial charge on any atom is -0.231 e. The second kappa shape index (κ2) is 2.73. The van der Waals surface area contributed by atoms with Crippen LogP contribution in [0.25, 0.3) is 0 Å². The van der Waals surface area contributed by atoms with Crippen LogP contribution in [-0.2, 0) is 10.7 Å². The third-order valence-electron chi connectivity index (χ3n) is 1.14. The molecular formula is C4H8O2S2. The Morgan fingerprint density at radius 3 is 2.50 bits per heavy atom. The van der Waals surface area contributed by atoms with Gasteiger partial charge in [-0.1, -0.05) is 0 Å². The summed E-state index contributed by atoms with van der Waals surface area (Å²) in [4.78, 5) is 0. The van der Waals surface area contributed by atoms with E-state index in [1.165, 1.54) is 0 Å². The van der Waals surface area contributed by atoms with Crippen molar-refractivity contribution in [3.8, 4) is 0 Å². The van der Waals surface area contributed by atoms with E-state index in [1.54, 1.807) is 11.8 Å². The molecule has 48 valence electrons. The van der Waals surface area contributed by atoms with Gasteiger partial charge in [-0.05, 0) is 18.6 Å². The van der Waals surface area contributed by atoms with Crippen molar-refractivity contribution >= 4 is 22.5 Å². The number of thiol groups is 1. The number of hydrogen-bond acceptors (Lipinski definition) is 3. The van der Waals surface area contributed by atoms with E-state index in [2.05, 4.69) is 0 Å². The lowest BCUT2D eigenvalue weighted by molar-refractivity contribution is 0.610. The quantitative estimate of drug-likeness (QED) is 0.554. The van der Waals surface area contributed by atoms with E-state index in [1.807, 2.05) is 0 Å². The molecule has 1 atom stereocenters. The van der Waals surface area contributed by atoms with Crippen LogP contribution in [0.3, 0.4) is 0 Å². The van der Waals surface area contributed by atoms with E-state index in [9.17, 15) is 8.42 Å². The highest BCUT2D eigenvalue weighted by atomic mass is 32.2. The van der Waals surface area contributed by atoms with Gasteiger partial charge in [0, 0.05) is 0 Å². The number of thioether (sulfide) groups is 1. The first-order valence-electron chi connectivity index (χ1n) is 2.56. The van der Waals surface area contributed by atoms with Crippen molar-refractivity contribution < 1.29 is 8.42 Å². The van der Waals surface area contributed by atoms with Gasteiger partial charge in [-0.25, -0.2) is 8.42 Å². The Hall–Kier alpha value is 0.300. The lowest BCUT2D eigenvalue weighted by atomic mass is 10.4. The molecular weight excluding hydrogens is 144 g/mol. The monoisotopic (exact) mass is 152 g/mol. The molecule has 0 saturated carbocycles. The van der Waals surface area contributed by atoms with Crippen molar-refractivity contribution in [2.45, 2.75) is 17.4 Å². The van der Waals surface area contributed by atoms with E-state index >= 15 is 0 Å². The van der Waals surface area contributed by atoms with Crippen LogP contribution in [0.1, 0.15) is 12.8 Å². The molecule has 0 aromatic heterocycles. The lowest BCUT2D eigenvalue weighted by Gasteiger charge is -1.92. The smallest absolute Gasteiger partial charge is 0.152 e. The fraction of sp³-hybridized carbons (Fsp3) is 1.00. The lowest BCUT2D eigenvalue weighted by Crippen LogP contribution is -1.96. The highest BCUT2D eigenvalue weighted by Crippen LogP contribution is 2.25. The van der Waals surface area contributed by atoms with Gasteiger partial charge in [-0.3, -0.25) is 0 Å². The molecule has 1 heterocycles. The standard InChI is InChI=1S/C4H8O2S2/c5-8(6)4-2-1-3-7-4/h4,8H,1-3H2. The topological polar surface area (TPSA) is 34.1 Å². The summed E-state index contributed by atoms with van der Waals surface area (Å²) in [6.45, 7) is 0. The summed E-state index contributed by atoms with van der Waals surface area (Å²) in [5, 5.41) is 0. The third-order valence-corrected chi connectivity index (χ3v) is 3.98. The van der Waals surface area contributed by atoms with Crippen LogP contribution < -0.4 is 0 Å². The SMILES string of the molecule is O=[SH](=O)C1CCCS1. The molecule has 8 heavy (non-hydrogen) atoms. The molecule has 1 saturated heterocycles. The Labute approximate surface area is 54.6 Å². The molecule has 1 fully saturated rings. The van der Waals surface area contributed by atoms with Crippen LogP contribution in [0.5, 0.6) is 0 Å². The van der Waals surface area contributed by atoms with Crippen molar-refractivity contribution in [3.63, 3.8) is 0 Å². The Morgan fingerprint density at radius 2 is 2.25 bits per heavy atom. The molecule has 0 aromatic rings. The highest BCUT2D eigenvalue weighted by molar-refractivity contribution is 8.08. The van der Waals surface area contributed by atoms with Gasteiger partial charge in [0.2, 0.25) is 0 Å². The van der Waals surface area contributed by atoms with Crippen molar-refractivity contribution in [2.24, 2.45) is 0 Å². The van der Waals surface area contributed by atoms with Crippen LogP contribution in [0, 0.1) is 0 Å². The van der Waals surface area contributed by atoms with Crippen molar-refractivity contribution in [2.75, 3.05) is 5.75 Å².